The Morgan fingerprint density at radius 2 is 1.90 bits per heavy atom. The quantitative estimate of drug-likeness (QED) is 0.378. The molecule has 0 unspecified atom stereocenters. The topological polar surface area (TPSA) is 110 Å². The molecule has 0 atom stereocenters. The van der Waals surface area contributed by atoms with E-state index < -0.39 is 0 Å². The molecule has 0 aromatic heterocycles. The smallest absolute Gasteiger partial charge is 0.151 e. The number of anilines is 1. The van der Waals surface area contributed by atoms with Gasteiger partial charge in [0.25, 0.3) is 0 Å². The molecular formula is C15H19N5O. The molecule has 0 amide bonds. The van der Waals surface area contributed by atoms with Crippen LogP contribution in [0.15, 0.2) is 61.0 Å². The van der Waals surface area contributed by atoms with Crippen LogP contribution >= 0.6 is 0 Å². The summed E-state index contributed by atoms with van der Waals surface area (Å²) in [5, 5.41) is 7.37. The van der Waals surface area contributed by atoms with E-state index in [4.69, 9.17) is 26.9 Å². The highest BCUT2D eigenvalue weighted by molar-refractivity contribution is 5.78. The molecule has 0 radical (unpaired) electrons. The van der Waals surface area contributed by atoms with Crippen molar-refractivity contribution < 1.29 is 4.74 Å². The predicted molar refractivity (Wildman–Crippen MR) is 83.8 cm³/mol. The molecule has 0 fully saturated rings. The van der Waals surface area contributed by atoms with Crippen molar-refractivity contribution in [3.63, 3.8) is 0 Å². The van der Waals surface area contributed by atoms with Crippen LogP contribution in [0.3, 0.4) is 0 Å². The molecule has 1 aromatic rings. The number of nitrogens with two attached hydrogens (primary N) is 1. The first-order chi connectivity index (χ1) is 10.2. The fraction of sp³-hybridized carbons (Fsp3) is 0.133. The highest BCUT2D eigenvalue weighted by Crippen LogP contribution is 2.37. The van der Waals surface area contributed by atoms with E-state index in [1.165, 1.54) is 0 Å². The van der Waals surface area contributed by atoms with Crippen LogP contribution in [0.4, 0.5) is 5.69 Å². The second-order valence-electron chi connectivity index (χ2n) is 4.15. The lowest BCUT2D eigenvalue weighted by Gasteiger charge is -2.32. The summed E-state index contributed by atoms with van der Waals surface area (Å²) in [5.41, 5.74) is 17.2. The van der Waals surface area contributed by atoms with E-state index in [2.05, 4.69) is 13.2 Å². The number of benzene rings is 1. The molecule has 1 heterocycles. The number of hydrogen-bond acceptors (Lipinski definition) is 5. The fourth-order valence-corrected chi connectivity index (χ4v) is 2.03. The Hall–Kier alpha value is -2.89. The van der Waals surface area contributed by atoms with E-state index in [-0.39, 0.29) is 5.84 Å². The number of rotatable bonds is 5. The van der Waals surface area contributed by atoms with Gasteiger partial charge in [0.05, 0.1) is 17.2 Å². The number of hydrogen-bond donors (Lipinski definition) is 4. The van der Waals surface area contributed by atoms with Crippen molar-refractivity contribution in [2.75, 3.05) is 11.4 Å². The Bertz CT molecular complexity index is 579. The molecule has 6 nitrogen and oxygen atoms in total. The maximum Gasteiger partial charge on any atom is 0.151 e. The number of ether oxygens (including phenoxy) is 1. The summed E-state index contributed by atoms with van der Waals surface area (Å²) in [6, 6.07) is 7.74. The van der Waals surface area contributed by atoms with Crippen molar-refractivity contribution >= 4 is 11.5 Å². The van der Waals surface area contributed by atoms with Gasteiger partial charge in [-0.2, -0.15) is 0 Å². The van der Waals surface area contributed by atoms with Crippen LogP contribution in [0.2, 0.25) is 0 Å². The molecule has 5 N–H and O–H groups in total. The Balaban J connectivity index is 0.00000106. The summed E-state index contributed by atoms with van der Waals surface area (Å²) < 4.78 is 5.79. The van der Waals surface area contributed by atoms with Crippen LogP contribution in [0.1, 0.15) is 6.42 Å². The van der Waals surface area contributed by atoms with Gasteiger partial charge in [-0.15, -0.1) is 0 Å². The summed E-state index contributed by atoms with van der Waals surface area (Å²) in [7, 11) is 0. The van der Waals surface area contributed by atoms with E-state index in [1.807, 2.05) is 29.2 Å². The molecular weight excluding hydrogens is 266 g/mol. The highest BCUT2D eigenvalue weighted by Gasteiger charge is 2.23. The van der Waals surface area contributed by atoms with Gasteiger partial charge in [-0.1, -0.05) is 25.3 Å². The average Bonchev–Trinajstić information content (AvgIpc) is 2.53. The third-order valence-corrected chi connectivity index (χ3v) is 2.90. The normalized spacial score (nSPS) is 12.5. The van der Waals surface area contributed by atoms with E-state index in [0.29, 0.717) is 18.7 Å². The van der Waals surface area contributed by atoms with Gasteiger partial charge in [-0.05, 0) is 24.3 Å². The zero-order chi connectivity index (χ0) is 15.8. The van der Waals surface area contributed by atoms with Crippen LogP contribution in [-0.2, 0) is 0 Å². The van der Waals surface area contributed by atoms with Gasteiger partial charge in [0.1, 0.15) is 0 Å². The number of amidine groups is 1. The Morgan fingerprint density at radius 1 is 1.24 bits per heavy atom. The Kier molecular flexibility index (Phi) is 5.88. The standard InChI is InChI=1S/C15H17N3O.H2N2/c1-3-11-13(4-2)19-14-8-6-5-7-12(14)18(11)10-9-15(16)17;1-2/h3-8H,1-2,9-10H2,(H3,16,17);1-2H. The summed E-state index contributed by atoms with van der Waals surface area (Å²) in [4.78, 5) is 2.05. The van der Waals surface area contributed by atoms with Gasteiger partial charge in [-0.25, -0.2) is 11.1 Å². The molecule has 1 aromatic carbocycles. The number of fused-ring (bicyclic) bond motifs is 1. The predicted octanol–water partition coefficient (Wildman–Crippen LogP) is 3.39. The van der Waals surface area contributed by atoms with Crippen LogP contribution in [0, 0.1) is 16.5 Å². The maximum absolute atomic E-state index is 7.37. The largest absolute Gasteiger partial charge is 0.453 e. The second kappa shape index (κ2) is 7.64. The van der Waals surface area contributed by atoms with Crippen molar-refractivity contribution in [3.05, 3.63) is 61.0 Å². The molecule has 6 heteroatoms. The van der Waals surface area contributed by atoms with Crippen molar-refractivity contribution in [1.29, 1.82) is 16.5 Å². The first-order valence-corrected chi connectivity index (χ1v) is 6.29. The third kappa shape index (κ3) is 3.56. The second-order valence-corrected chi connectivity index (χ2v) is 4.15. The zero-order valence-corrected chi connectivity index (χ0v) is 11.7. The lowest BCUT2D eigenvalue weighted by atomic mass is 10.1. The molecule has 1 aliphatic rings. The van der Waals surface area contributed by atoms with Crippen LogP contribution in [0.5, 0.6) is 5.75 Å². The molecule has 21 heavy (non-hydrogen) atoms. The molecule has 1 aliphatic heterocycles. The molecule has 110 valence electrons. The average molecular weight is 285 g/mol. The van der Waals surface area contributed by atoms with Crippen molar-refractivity contribution in [3.8, 4) is 5.75 Å². The van der Waals surface area contributed by atoms with E-state index >= 15 is 0 Å². The summed E-state index contributed by atoms with van der Waals surface area (Å²) in [5.74, 6) is 1.59. The van der Waals surface area contributed by atoms with Gasteiger partial charge in [0.15, 0.2) is 11.5 Å². The number of nitrogens with one attached hydrogen (secondary N) is 3. The SMILES string of the molecule is C=CC1=C(C=C)N(CCC(=N)N)c2ccccc2O1.N=N. The van der Waals surface area contributed by atoms with Gasteiger partial charge in [0, 0.05) is 13.0 Å². The van der Waals surface area contributed by atoms with Crippen molar-refractivity contribution in [2.45, 2.75) is 6.42 Å². The Morgan fingerprint density at radius 3 is 2.48 bits per heavy atom. The number of para-hydroxylation sites is 2. The zero-order valence-electron chi connectivity index (χ0n) is 11.7. The van der Waals surface area contributed by atoms with E-state index in [1.54, 1.807) is 12.2 Å². The van der Waals surface area contributed by atoms with Gasteiger partial charge in [0.2, 0.25) is 0 Å². The third-order valence-electron chi connectivity index (χ3n) is 2.90. The van der Waals surface area contributed by atoms with E-state index in [9.17, 15) is 0 Å². The first kappa shape index (κ1) is 16.2. The number of allylic oxidation sites excluding steroid dienone is 2. The Labute approximate surface area is 124 Å². The molecule has 0 bridgehead atoms. The highest BCUT2D eigenvalue weighted by atomic mass is 16.5. The minimum absolute atomic E-state index is 0.160. The van der Waals surface area contributed by atoms with Crippen LogP contribution in [0.25, 0.3) is 0 Å². The molecule has 0 spiro atoms. The minimum atomic E-state index is 0.160. The summed E-state index contributed by atoms with van der Waals surface area (Å²) in [6.45, 7) is 8.19. The lowest BCUT2D eigenvalue weighted by Crippen LogP contribution is -2.30. The summed E-state index contributed by atoms with van der Waals surface area (Å²) >= 11 is 0. The van der Waals surface area contributed by atoms with Crippen molar-refractivity contribution in [2.24, 2.45) is 5.73 Å². The monoisotopic (exact) mass is 285 g/mol. The molecule has 0 saturated carbocycles. The van der Waals surface area contributed by atoms with Crippen molar-refractivity contribution in [1.82, 2.24) is 0 Å². The van der Waals surface area contributed by atoms with Gasteiger partial charge >= 0.3 is 0 Å². The van der Waals surface area contributed by atoms with E-state index in [0.717, 1.165) is 17.1 Å². The minimum Gasteiger partial charge on any atom is -0.453 e. The maximum atomic E-state index is 7.37. The van der Waals surface area contributed by atoms with Gasteiger partial charge in [-0.3, -0.25) is 5.41 Å². The fourth-order valence-electron chi connectivity index (χ4n) is 2.03. The lowest BCUT2D eigenvalue weighted by molar-refractivity contribution is 0.427. The first-order valence-electron chi connectivity index (χ1n) is 6.29. The van der Waals surface area contributed by atoms with Crippen LogP contribution in [-0.4, -0.2) is 12.4 Å². The molecule has 0 saturated heterocycles. The summed E-state index contributed by atoms with van der Waals surface area (Å²) in [6.07, 6.45) is 3.87. The van der Waals surface area contributed by atoms with Crippen LogP contribution < -0.4 is 15.4 Å². The molecule has 0 aliphatic carbocycles. The number of nitrogens with zero attached hydrogens (tertiary/aromatic N) is 1. The van der Waals surface area contributed by atoms with Gasteiger partial charge < -0.3 is 15.4 Å². The molecule has 2 rings (SSSR count).